The molecule has 0 aliphatic carbocycles. The number of ether oxygens (including phenoxy) is 2. The summed E-state index contributed by atoms with van der Waals surface area (Å²) in [4.78, 5) is 10.1. The average molecular weight is 207 g/mol. The molecule has 0 fully saturated rings. The molecule has 0 atom stereocenters. The maximum atomic E-state index is 10.1. The van der Waals surface area contributed by atoms with E-state index in [1.165, 1.54) is 0 Å². The van der Waals surface area contributed by atoms with Crippen molar-refractivity contribution in [2.24, 2.45) is 0 Å². The highest BCUT2D eigenvalue weighted by atomic mass is 16.6. The molecule has 0 amide bonds. The van der Waals surface area contributed by atoms with Crippen molar-refractivity contribution >= 4 is 6.29 Å². The van der Waals surface area contributed by atoms with Crippen molar-refractivity contribution in [1.29, 1.82) is 0 Å². The average Bonchev–Trinajstić information content (AvgIpc) is 2.29. The van der Waals surface area contributed by atoms with Crippen LogP contribution < -0.4 is 14.8 Å². The van der Waals surface area contributed by atoms with Crippen molar-refractivity contribution in [3.05, 3.63) is 23.8 Å². The Hall–Kier alpha value is -1.55. The molecule has 1 aromatic rings. The number of carbonyl (C=O) groups excluding carboxylic acids is 1. The lowest BCUT2D eigenvalue weighted by Gasteiger charge is -2.18. The molecule has 1 aliphatic heterocycles. The molecule has 80 valence electrons. The van der Waals surface area contributed by atoms with Crippen LogP contribution in [0.5, 0.6) is 11.5 Å². The van der Waals surface area contributed by atoms with E-state index in [0.29, 0.717) is 26.3 Å². The van der Waals surface area contributed by atoms with Crippen LogP contribution >= 0.6 is 0 Å². The molecule has 1 aliphatic rings. The van der Waals surface area contributed by atoms with Gasteiger partial charge in [-0.3, -0.25) is 0 Å². The van der Waals surface area contributed by atoms with Crippen LogP contribution in [0.4, 0.5) is 0 Å². The van der Waals surface area contributed by atoms with Gasteiger partial charge in [0.1, 0.15) is 19.5 Å². The number of hydrogen-bond acceptors (Lipinski definition) is 4. The zero-order chi connectivity index (χ0) is 10.5. The van der Waals surface area contributed by atoms with Gasteiger partial charge in [-0.25, -0.2) is 0 Å². The van der Waals surface area contributed by atoms with Crippen LogP contribution in [0, 0.1) is 0 Å². The molecular weight excluding hydrogens is 194 g/mol. The number of rotatable bonds is 4. The standard InChI is InChI=1S/C11H13NO3/c13-4-3-12-8-9-1-2-10-11(7-9)15-6-5-14-10/h1-2,4,7,12H,3,5-6,8H2. The summed E-state index contributed by atoms with van der Waals surface area (Å²) in [5.74, 6) is 1.58. The summed E-state index contributed by atoms with van der Waals surface area (Å²) in [6, 6.07) is 5.80. The van der Waals surface area contributed by atoms with E-state index in [-0.39, 0.29) is 0 Å². The number of fused-ring (bicyclic) bond motifs is 1. The summed E-state index contributed by atoms with van der Waals surface area (Å²) >= 11 is 0. The van der Waals surface area contributed by atoms with Crippen molar-refractivity contribution in [3.8, 4) is 11.5 Å². The molecule has 4 nitrogen and oxygen atoms in total. The third-order valence-corrected chi connectivity index (χ3v) is 2.16. The zero-order valence-corrected chi connectivity index (χ0v) is 8.36. The first-order valence-corrected chi connectivity index (χ1v) is 4.93. The Morgan fingerprint density at radius 1 is 1.27 bits per heavy atom. The van der Waals surface area contributed by atoms with Gasteiger partial charge in [-0.1, -0.05) is 6.07 Å². The molecule has 0 unspecified atom stereocenters. The van der Waals surface area contributed by atoms with Crippen molar-refractivity contribution in [3.63, 3.8) is 0 Å². The van der Waals surface area contributed by atoms with E-state index in [4.69, 9.17) is 9.47 Å². The second kappa shape index (κ2) is 4.79. The van der Waals surface area contributed by atoms with Gasteiger partial charge in [0.15, 0.2) is 11.5 Å². The summed E-state index contributed by atoms with van der Waals surface area (Å²) < 4.78 is 10.9. The van der Waals surface area contributed by atoms with Gasteiger partial charge >= 0.3 is 0 Å². The second-order valence-corrected chi connectivity index (χ2v) is 3.28. The summed E-state index contributed by atoms with van der Waals surface area (Å²) in [6.07, 6.45) is 0.845. The SMILES string of the molecule is O=CCNCc1ccc2c(c1)OCCO2. The van der Waals surface area contributed by atoms with Crippen LogP contribution in [0.1, 0.15) is 5.56 Å². The van der Waals surface area contributed by atoms with Crippen LogP contribution in [0.2, 0.25) is 0 Å². The van der Waals surface area contributed by atoms with Crippen LogP contribution in [-0.4, -0.2) is 26.0 Å². The molecule has 1 aromatic carbocycles. The van der Waals surface area contributed by atoms with Crippen LogP contribution in [0.3, 0.4) is 0 Å². The van der Waals surface area contributed by atoms with Gasteiger partial charge in [0.05, 0.1) is 6.54 Å². The Morgan fingerprint density at radius 2 is 2.07 bits per heavy atom. The first-order chi connectivity index (χ1) is 7.40. The van der Waals surface area contributed by atoms with Gasteiger partial charge in [0.2, 0.25) is 0 Å². The number of aldehydes is 1. The summed E-state index contributed by atoms with van der Waals surface area (Å²) in [6.45, 7) is 2.23. The maximum absolute atomic E-state index is 10.1. The van der Waals surface area contributed by atoms with Crippen molar-refractivity contribution in [1.82, 2.24) is 5.32 Å². The molecule has 0 spiro atoms. The van der Waals surface area contributed by atoms with E-state index in [1.54, 1.807) is 0 Å². The van der Waals surface area contributed by atoms with E-state index in [2.05, 4.69) is 5.32 Å². The van der Waals surface area contributed by atoms with Gasteiger partial charge in [-0.05, 0) is 17.7 Å². The second-order valence-electron chi connectivity index (χ2n) is 3.28. The molecule has 0 aromatic heterocycles. The first-order valence-electron chi connectivity index (χ1n) is 4.93. The molecule has 1 heterocycles. The van der Waals surface area contributed by atoms with Crippen molar-refractivity contribution in [2.45, 2.75) is 6.54 Å². The summed E-state index contributed by atoms with van der Waals surface area (Å²) in [7, 11) is 0. The topological polar surface area (TPSA) is 47.6 Å². The number of nitrogens with one attached hydrogen (secondary N) is 1. The molecule has 0 saturated carbocycles. The predicted molar refractivity (Wildman–Crippen MR) is 55.2 cm³/mol. The quantitative estimate of drug-likeness (QED) is 0.584. The van der Waals surface area contributed by atoms with Gasteiger partial charge in [-0.2, -0.15) is 0 Å². The molecule has 1 N–H and O–H groups in total. The van der Waals surface area contributed by atoms with E-state index in [0.717, 1.165) is 23.3 Å². The maximum Gasteiger partial charge on any atom is 0.161 e. The van der Waals surface area contributed by atoms with E-state index < -0.39 is 0 Å². The fourth-order valence-electron chi connectivity index (χ4n) is 1.47. The minimum Gasteiger partial charge on any atom is -0.486 e. The van der Waals surface area contributed by atoms with Crippen LogP contribution in [0.15, 0.2) is 18.2 Å². The lowest BCUT2D eigenvalue weighted by atomic mass is 10.2. The van der Waals surface area contributed by atoms with E-state index in [9.17, 15) is 4.79 Å². The highest BCUT2D eigenvalue weighted by Crippen LogP contribution is 2.30. The molecule has 15 heavy (non-hydrogen) atoms. The van der Waals surface area contributed by atoms with Crippen molar-refractivity contribution in [2.75, 3.05) is 19.8 Å². The molecule has 0 bridgehead atoms. The smallest absolute Gasteiger partial charge is 0.161 e. The molecule has 4 heteroatoms. The lowest BCUT2D eigenvalue weighted by Crippen LogP contribution is -2.17. The Morgan fingerprint density at radius 3 is 2.87 bits per heavy atom. The third-order valence-electron chi connectivity index (χ3n) is 2.16. The number of carbonyl (C=O) groups is 1. The fraction of sp³-hybridized carbons (Fsp3) is 0.364. The lowest BCUT2D eigenvalue weighted by molar-refractivity contribution is -0.107. The highest BCUT2D eigenvalue weighted by Gasteiger charge is 2.11. The number of hydrogen-bond donors (Lipinski definition) is 1. The van der Waals surface area contributed by atoms with Gasteiger partial charge in [-0.15, -0.1) is 0 Å². The highest BCUT2D eigenvalue weighted by molar-refractivity contribution is 5.52. The molecular formula is C11H13NO3. The van der Waals surface area contributed by atoms with Gasteiger partial charge in [0.25, 0.3) is 0 Å². The Labute approximate surface area is 88.2 Å². The van der Waals surface area contributed by atoms with Gasteiger partial charge < -0.3 is 19.6 Å². The largest absolute Gasteiger partial charge is 0.486 e. The zero-order valence-electron chi connectivity index (χ0n) is 8.36. The molecule has 0 saturated heterocycles. The van der Waals surface area contributed by atoms with Crippen molar-refractivity contribution < 1.29 is 14.3 Å². The predicted octanol–water partition coefficient (Wildman–Crippen LogP) is 0.746. The Balaban J connectivity index is 2.03. The Kier molecular flexibility index (Phi) is 3.19. The van der Waals surface area contributed by atoms with E-state index >= 15 is 0 Å². The van der Waals surface area contributed by atoms with Crippen LogP contribution in [0.25, 0.3) is 0 Å². The minimum atomic E-state index is 0.369. The van der Waals surface area contributed by atoms with Crippen LogP contribution in [-0.2, 0) is 11.3 Å². The molecule has 2 rings (SSSR count). The normalized spacial score (nSPS) is 13.6. The Bertz CT molecular complexity index is 352. The number of benzene rings is 1. The minimum absolute atomic E-state index is 0.369. The van der Waals surface area contributed by atoms with Gasteiger partial charge in [0, 0.05) is 6.54 Å². The molecule has 0 radical (unpaired) electrons. The van der Waals surface area contributed by atoms with E-state index in [1.807, 2.05) is 18.2 Å². The monoisotopic (exact) mass is 207 g/mol. The summed E-state index contributed by atoms with van der Waals surface area (Å²) in [5.41, 5.74) is 1.08. The third kappa shape index (κ3) is 2.47. The first kappa shape index (κ1) is 9.98. The summed E-state index contributed by atoms with van der Waals surface area (Å²) in [5, 5.41) is 2.99. The fourth-order valence-corrected chi connectivity index (χ4v) is 1.47.